The Kier molecular flexibility index (Phi) is 4.70. The molecule has 0 spiro atoms. The summed E-state index contributed by atoms with van der Waals surface area (Å²) in [5.41, 5.74) is 1.05. The molecule has 0 saturated carbocycles. The summed E-state index contributed by atoms with van der Waals surface area (Å²) in [6, 6.07) is 0.285. The Balaban J connectivity index is 2.05. The molecule has 2 N–H and O–H groups in total. The molecule has 0 aliphatic heterocycles. The maximum absolute atomic E-state index is 5.07. The van der Waals surface area contributed by atoms with Crippen LogP contribution in [0.25, 0.3) is 0 Å². The van der Waals surface area contributed by atoms with E-state index in [1.54, 1.807) is 10.9 Å². The normalized spacial score (nSPS) is 10.3. The van der Waals surface area contributed by atoms with Crippen molar-refractivity contribution < 1.29 is 4.74 Å². The summed E-state index contributed by atoms with van der Waals surface area (Å²) in [7, 11) is 3.41. The monoisotopic (exact) mass is 277 g/mol. The number of aromatic nitrogens is 5. The number of rotatable bonds is 7. The van der Waals surface area contributed by atoms with Crippen LogP contribution in [0.1, 0.15) is 18.9 Å². The summed E-state index contributed by atoms with van der Waals surface area (Å²) in [6.07, 6.45) is 4.72. The molecule has 8 nitrogen and oxygen atoms in total. The maximum Gasteiger partial charge on any atom is 0.322 e. The SMILES string of the molecule is CCCNc1nc(NCc2cnn(C)c2)nc(OC)n1. The number of aryl methyl sites for hydroxylation is 1. The van der Waals surface area contributed by atoms with Crippen LogP contribution in [0.15, 0.2) is 12.4 Å². The zero-order valence-corrected chi connectivity index (χ0v) is 11.9. The van der Waals surface area contributed by atoms with Crippen molar-refractivity contribution in [1.82, 2.24) is 24.7 Å². The largest absolute Gasteiger partial charge is 0.467 e. The van der Waals surface area contributed by atoms with Gasteiger partial charge in [-0.2, -0.15) is 20.1 Å². The van der Waals surface area contributed by atoms with Gasteiger partial charge < -0.3 is 15.4 Å². The third-order valence-electron chi connectivity index (χ3n) is 2.54. The summed E-state index contributed by atoms with van der Waals surface area (Å²) in [4.78, 5) is 12.6. The maximum atomic E-state index is 5.07. The second-order valence-electron chi connectivity index (χ2n) is 4.27. The van der Waals surface area contributed by atoms with E-state index >= 15 is 0 Å². The van der Waals surface area contributed by atoms with Gasteiger partial charge in [-0.15, -0.1) is 0 Å². The first kappa shape index (κ1) is 14.0. The minimum absolute atomic E-state index is 0.285. The molecule has 0 fully saturated rings. The fourth-order valence-electron chi connectivity index (χ4n) is 1.59. The zero-order chi connectivity index (χ0) is 14.4. The van der Waals surface area contributed by atoms with E-state index in [0.29, 0.717) is 18.4 Å². The Morgan fingerprint density at radius 3 is 2.55 bits per heavy atom. The molecule has 2 heterocycles. The highest BCUT2D eigenvalue weighted by molar-refractivity contribution is 5.36. The fraction of sp³-hybridized carbons (Fsp3) is 0.500. The quantitative estimate of drug-likeness (QED) is 0.781. The van der Waals surface area contributed by atoms with Crippen molar-refractivity contribution in [1.29, 1.82) is 0 Å². The number of nitrogens with one attached hydrogen (secondary N) is 2. The lowest BCUT2D eigenvalue weighted by molar-refractivity contribution is 0.379. The van der Waals surface area contributed by atoms with Crippen molar-refractivity contribution in [3.63, 3.8) is 0 Å². The first-order valence-corrected chi connectivity index (χ1v) is 6.46. The lowest BCUT2D eigenvalue weighted by atomic mass is 10.4. The molecular weight excluding hydrogens is 258 g/mol. The molecule has 0 atom stereocenters. The molecule has 0 aromatic carbocycles. The van der Waals surface area contributed by atoms with Gasteiger partial charge in [0.1, 0.15) is 0 Å². The Bertz CT molecular complexity index is 554. The third kappa shape index (κ3) is 3.81. The molecule has 2 rings (SSSR count). The first-order chi connectivity index (χ1) is 9.71. The van der Waals surface area contributed by atoms with Gasteiger partial charge in [0.25, 0.3) is 0 Å². The number of hydrogen-bond donors (Lipinski definition) is 2. The van der Waals surface area contributed by atoms with E-state index in [2.05, 4.69) is 37.6 Å². The van der Waals surface area contributed by atoms with Crippen LogP contribution >= 0.6 is 0 Å². The highest BCUT2D eigenvalue weighted by Gasteiger charge is 2.06. The molecule has 0 bridgehead atoms. The van der Waals surface area contributed by atoms with Crippen LogP contribution in [0, 0.1) is 0 Å². The van der Waals surface area contributed by atoms with Crippen LogP contribution in [0.4, 0.5) is 11.9 Å². The lowest BCUT2D eigenvalue weighted by Crippen LogP contribution is -2.10. The lowest BCUT2D eigenvalue weighted by Gasteiger charge is -2.08. The molecule has 0 saturated heterocycles. The van der Waals surface area contributed by atoms with Gasteiger partial charge in [0.15, 0.2) is 0 Å². The molecule has 8 heteroatoms. The average molecular weight is 277 g/mol. The summed E-state index contributed by atoms with van der Waals surface area (Å²) in [5.74, 6) is 0.978. The van der Waals surface area contributed by atoms with Crippen molar-refractivity contribution in [2.75, 3.05) is 24.3 Å². The molecule has 2 aromatic rings. The van der Waals surface area contributed by atoms with Crippen molar-refractivity contribution in [3.05, 3.63) is 18.0 Å². The van der Waals surface area contributed by atoms with Crippen LogP contribution in [0.2, 0.25) is 0 Å². The van der Waals surface area contributed by atoms with Crippen LogP contribution in [-0.4, -0.2) is 38.4 Å². The first-order valence-electron chi connectivity index (χ1n) is 6.46. The molecule has 2 aromatic heterocycles. The standard InChI is InChI=1S/C12H19N7O/c1-4-5-13-10-16-11(18-12(17-10)20-3)14-6-9-7-15-19(2)8-9/h7-8H,4-6H2,1-3H3,(H2,13,14,16,17,18). The van der Waals surface area contributed by atoms with E-state index in [0.717, 1.165) is 18.5 Å². The van der Waals surface area contributed by atoms with Gasteiger partial charge in [0.05, 0.1) is 13.3 Å². The number of hydrogen-bond acceptors (Lipinski definition) is 7. The van der Waals surface area contributed by atoms with Gasteiger partial charge in [-0.05, 0) is 6.42 Å². The van der Waals surface area contributed by atoms with Gasteiger partial charge in [-0.25, -0.2) is 0 Å². The van der Waals surface area contributed by atoms with Gasteiger partial charge in [-0.3, -0.25) is 4.68 Å². The van der Waals surface area contributed by atoms with E-state index in [-0.39, 0.29) is 6.01 Å². The minimum atomic E-state index is 0.285. The molecule has 0 unspecified atom stereocenters. The molecule has 0 radical (unpaired) electrons. The molecule has 0 aliphatic rings. The topological polar surface area (TPSA) is 89.8 Å². The average Bonchev–Trinajstić information content (AvgIpc) is 2.88. The van der Waals surface area contributed by atoms with E-state index < -0.39 is 0 Å². The number of anilines is 2. The number of ether oxygens (including phenoxy) is 1. The predicted octanol–water partition coefficient (Wildman–Crippen LogP) is 1.05. The van der Waals surface area contributed by atoms with Crippen LogP contribution in [0.5, 0.6) is 6.01 Å². The second kappa shape index (κ2) is 6.69. The van der Waals surface area contributed by atoms with Crippen molar-refractivity contribution >= 4 is 11.9 Å². The second-order valence-corrected chi connectivity index (χ2v) is 4.27. The summed E-state index contributed by atoms with van der Waals surface area (Å²) >= 11 is 0. The Morgan fingerprint density at radius 1 is 1.20 bits per heavy atom. The highest BCUT2D eigenvalue weighted by Crippen LogP contribution is 2.11. The van der Waals surface area contributed by atoms with Gasteiger partial charge in [-0.1, -0.05) is 6.92 Å². The van der Waals surface area contributed by atoms with Crippen molar-refractivity contribution in [3.8, 4) is 6.01 Å². The minimum Gasteiger partial charge on any atom is -0.467 e. The van der Waals surface area contributed by atoms with E-state index in [4.69, 9.17) is 4.74 Å². The number of nitrogens with zero attached hydrogens (tertiary/aromatic N) is 5. The molecule has 108 valence electrons. The molecule has 20 heavy (non-hydrogen) atoms. The Hall–Kier alpha value is -2.38. The molecule has 0 aliphatic carbocycles. The van der Waals surface area contributed by atoms with Gasteiger partial charge in [0, 0.05) is 31.9 Å². The van der Waals surface area contributed by atoms with Crippen molar-refractivity contribution in [2.45, 2.75) is 19.9 Å². The van der Waals surface area contributed by atoms with E-state index in [9.17, 15) is 0 Å². The fourth-order valence-corrected chi connectivity index (χ4v) is 1.59. The molecular formula is C12H19N7O. The van der Waals surface area contributed by atoms with Crippen LogP contribution in [-0.2, 0) is 13.6 Å². The summed E-state index contributed by atoms with van der Waals surface area (Å²) in [5, 5.41) is 10.4. The summed E-state index contributed by atoms with van der Waals surface area (Å²) in [6.45, 7) is 3.47. The third-order valence-corrected chi connectivity index (χ3v) is 2.54. The van der Waals surface area contributed by atoms with Gasteiger partial charge >= 0.3 is 6.01 Å². The predicted molar refractivity (Wildman–Crippen MR) is 75.7 cm³/mol. The van der Waals surface area contributed by atoms with E-state index in [1.807, 2.05) is 13.2 Å². The zero-order valence-electron chi connectivity index (χ0n) is 11.9. The summed E-state index contributed by atoms with van der Waals surface area (Å²) < 4.78 is 6.82. The van der Waals surface area contributed by atoms with Gasteiger partial charge in [0.2, 0.25) is 11.9 Å². The van der Waals surface area contributed by atoms with Crippen LogP contribution in [0.3, 0.4) is 0 Å². The molecule has 0 amide bonds. The Labute approximate surface area is 117 Å². The smallest absolute Gasteiger partial charge is 0.322 e. The van der Waals surface area contributed by atoms with Crippen molar-refractivity contribution in [2.24, 2.45) is 7.05 Å². The highest BCUT2D eigenvalue weighted by atomic mass is 16.5. The number of methoxy groups -OCH3 is 1. The van der Waals surface area contributed by atoms with E-state index in [1.165, 1.54) is 7.11 Å². The Morgan fingerprint density at radius 2 is 1.95 bits per heavy atom. The van der Waals surface area contributed by atoms with Crippen LogP contribution < -0.4 is 15.4 Å².